The van der Waals surface area contributed by atoms with Crippen molar-refractivity contribution in [3.05, 3.63) is 35.7 Å². The van der Waals surface area contributed by atoms with Gasteiger partial charge in [0.1, 0.15) is 11.6 Å². The average molecular weight is 388 g/mol. The summed E-state index contributed by atoms with van der Waals surface area (Å²) in [4.78, 5) is 21.6. The maximum Gasteiger partial charge on any atom is 0.234 e. The van der Waals surface area contributed by atoms with Crippen molar-refractivity contribution in [3.63, 3.8) is 0 Å². The van der Waals surface area contributed by atoms with Crippen LogP contribution in [0, 0.1) is 6.92 Å². The molecule has 3 heterocycles. The molecule has 0 bridgehead atoms. The first-order chi connectivity index (χ1) is 13.2. The Morgan fingerprint density at radius 2 is 2.19 bits per heavy atom. The highest BCUT2D eigenvalue weighted by Gasteiger charge is 2.24. The number of carbonyl (C=O) groups is 1. The molecule has 1 unspecified atom stereocenters. The van der Waals surface area contributed by atoms with Crippen LogP contribution in [-0.2, 0) is 4.79 Å². The van der Waals surface area contributed by atoms with Crippen LogP contribution in [0.3, 0.4) is 0 Å². The monoisotopic (exact) mass is 387 g/mol. The van der Waals surface area contributed by atoms with Crippen LogP contribution in [0.15, 0.2) is 24.3 Å². The van der Waals surface area contributed by atoms with Gasteiger partial charge in [-0.3, -0.25) is 9.69 Å². The lowest BCUT2D eigenvalue weighted by Gasteiger charge is -2.28. The molecule has 1 fully saturated rings. The zero-order valence-corrected chi connectivity index (χ0v) is 16.4. The van der Waals surface area contributed by atoms with E-state index in [2.05, 4.69) is 24.5 Å². The Kier molecular flexibility index (Phi) is 5.54. The Balaban J connectivity index is 1.31. The van der Waals surface area contributed by atoms with Crippen LogP contribution in [0.4, 0.5) is 5.13 Å². The number of nitrogens with one attached hydrogen (secondary N) is 1. The van der Waals surface area contributed by atoms with Crippen LogP contribution in [0.1, 0.15) is 30.3 Å². The number of aromatic nitrogens is 2. The second-order valence-electron chi connectivity index (χ2n) is 7.04. The Morgan fingerprint density at radius 3 is 3.04 bits per heavy atom. The van der Waals surface area contributed by atoms with Crippen molar-refractivity contribution in [1.82, 2.24) is 19.6 Å². The van der Waals surface area contributed by atoms with Gasteiger partial charge >= 0.3 is 0 Å². The first-order valence-electron chi connectivity index (χ1n) is 9.48. The van der Waals surface area contributed by atoms with Gasteiger partial charge in [-0.25, -0.2) is 4.98 Å². The fourth-order valence-corrected chi connectivity index (χ4v) is 4.40. The first kappa shape index (κ1) is 18.2. The van der Waals surface area contributed by atoms with Crippen LogP contribution in [0.2, 0.25) is 0 Å². The molecule has 2 aromatic rings. The number of hydrogen-bond acceptors (Lipinski definition) is 7. The van der Waals surface area contributed by atoms with E-state index in [0.717, 1.165) is 61.3 Å². The van der Waals surface area contributed by atoms with E-state index in [4.69, 9.17) is 4.74 Å². The Morgan fingerprint density at radius 1 is 1.30 bits per heavy atom. The molecular weight excluding hydrogens is 362 g/mol. The highest BCUT2D eigenvalue weighted by molar-refractivity contribution is 7.09. The zero-order chi connectivity index (χ0) is 18.6. The number of aryl methyl sites for hydroxylation is 1. The molecule has 1 atom stereocenters. The standard InChI is InChI=1S/C19H25N5O2S/c1-14-20-19(27-22-14)24-9-4-8-23(10-11-24)13-18(25)21-16-7-12-26-17-6-3-2-5-15(16)17/h2-3,5-6,16H,4,7-13H2,1H3,(H,21,25). The van der Waals surface area contributed by atoms with Crippen LogP contribution >= 0.6 is 11.5 Å². The fraction of sp³-hybridized carbons (Fsp3) is 0.526. The second-order valence-corrected chi connectivity index (χ2v) is 7.77. The summed E-state index contributed by atoms with van der Waals surface area (Å²) in [5.74, 6) is 1.79. The van der Waals surface area contributed by atoms with Gasteiger partial charge in [0.25, 0.3) is 0 Å². The molecule has 0 saturated carbocycles. The van der Waals surface area contributed by atoms with E-state index in [1.807, 2.05) is 31.2 Å². The summed E-state index contributed by atoms with van der Waals surface area (Å²) in [5, 5.41) is 4.18. The SMILES string of the molecule is Cc1nsc(N2CCCN(CC(=O)NC3CCOc4ccccc43)CC2)n1. The van der Waals surface area contributed by atoms with E-state index >= 15 is 0 Å². The fourth-order valence-electron chi connectivity index (χ4n) is 3.67. The van der Waals surface area contributed by atoms with Gasteiger partial charge in [-0.05, 0) is 19.4 Å². The van der Waals surface area contributed by atoms with Gasteiger partial charge in [0.15, 0.2) is 0 Å². The number of hydrogen-bond donors (Lipinski definition) is 1. The normalized spacial score (nSPS) is 20.5. The minimum absolute atomic E-state index is 0.0373. The number of rotatable bonds is 4. The largest absolute Gasteiger partial charge is 0.493 e. The first-order valence-corrected chi connectivity index (χ1v) is 10.2. The third-order valence-electron chi connectivity index (χ3n) is 5.04. The minimum atomic E-state index is 0.0373. The second kappa shape index (κ2) is 8.22. The van der Waals surface area contributed by atoms with Crippen LogP contribution in [-0.4, -0.2) is 59.5 Å². The number of para-hydroxylation sites is 1. The highest BCUT2D eigenvalue weighted by atomic mass is 32.1. The Bertz CT molecular complexity index is 796. The van der Waals surface area contributed by atoms with Gasteiger partial charge in [-0.2, -0.15) is 4.37 Å². The summed E-state index contributed by atoms with van der Waals surface area (Å²) >= 11 is 1.45. The highest BCUT2D eigenvalue weighted by Crippen LogP contribution is 2.31. The smallest absolute Gasteiger partial charge is 0.234 e. The van der Waals surface area contributed by atoms with E-state index in [-0.39, 0.29) is 11.9 Å². The Hall–Kier alpha value is -2.19. The molecule has 1 saturated heterocycles. The molecule has 27 heavy (non-hydrogen) atoms. The molecular formula is C19H25N5O2S. The van der Waals surface area contributed by atoms with Gasteiger partial charge in [-0.1, -0.05) is 18.2 Å². The molecule has 2 aliphatic heterocycles. The number of carbonyl (C=O) groups excluding carboxylic acids is 1. The molecule has 4 rings (SSSR count). The quantitative estimate of drug-likeness (QED) is 0.865. The number of ether oxygens (including phenoxy) is 1. The summed E-state index contributed by atoms with van der Waals surface area (Å²) in [6.45, 7) is 6.61. The summed E-state index contributed by atoms with van der Waals surface area (Å²) in [7, 11) is 0. The van der Waals surface area contributed by atoms with E-state index in [1.54, 1.807) is 0 Å². The number of anilines is 1. The zero-order valence-electron chi connectivity index (χ0n) is 15.6. The summed E-state index contributed by atoms with van der Waals surface area (Å²) < 4.78 is 9.95. The van der Waals surface area contributed by atoms with Crippen molar-refractivity contribution >= 4 is 22.6 Å². The maximum atomic E-state index is 12.6. The molecule has 144 valence electrons. The van der Waals surface area contributed by atoms with Crippen molar-refractivity contribution in [1.29, 1.82) is 0 Å². The summed E-state index contributed by atoms with van der Waals surface area (Å²) in [5.41, 5.74) is 1.07. The Labute approximate surface area is 163 Å². The number of nitrogens with zero attached hydrogens (tertiary/aromatic N) is 4. The lowest BCUT2D eigenvalue weighted by atomic mass is 10.0. The molecule has 0 spiro atoms. The van der Waals surface area contributed by atoms with Crippen molar-refractivity contribution in [2.45, 2.75) is 25.8 Å². The predicted molar refractivity (Wildman–Crippen MR) is 105 cm³/mol. The molecule has 2 aliphatic rings. The lowest BCUT2D eigenvalue weighted by molar-refractivity contribution is -0.123. The average Bonchev–Trinajstić information content (AvgIpc) is 2.97. The van der Waals surface area contributed by atoms with Gasteiger partial charge < -0.3 is 15.0 Å². The molecule has 1 aromatic carbocycles. The molecule has 0 radical (unpaired) electrons. The number of amides is 1. The van der Waals surface area contributed by atoms with E-state index < -0.39 is 0 Å². The number of benzene rings is 1. The van der Waals surface area contributed by atoms with Crippen LogP contribution < -0.4 is 15.0 Å². The van der Waals surface area contributed by atoms with Crippen LogP contribution in [0.5, 0.6) is 5.75 Å². The predicted octanol–water partition coefficient (Wildman–Crippen LogP) is 2.00. The molecule has 7 nitrogen and oxygen atoms in total. The third kappa shape index (κ3) is 4.39. The summed E-state index contributed by atoms with van der Waals surface area (Å²) in [6, 6.07) is 7.99. The van der Waals surface area contributed by atoms with E-state index in [9.17, 15) is 4.79 Å². The van der Waals surface area contributed by atoms with Gasteiger partial charge in [0.2, 0.25) is 11.0 Å². The minimum Gasteiger partial charge on any atom is -0.493 e. The van der Waals surface area contributed by atoms with Crippen molar-refractivity contribution in [3.8, 4) is 5.75 Å². The molecule has 1 N–H and O–H groups in total. The third-order valence-corrected chi connectivity index (χ3v) is 5.91. The van der Waals surface area contributed by atoms with Crippen molar-refractivity contribution < 1.29 is 9.53 Å². The van der Waals surface area contributed by atoms with Gasteiger partial charge in [-0.15, -0.1) is 0 Å². The molecule has 1 aromatic heterocycles. The van der Waals surface area contributed by atoms with Gasteiger partial charge in [0.05, 0.1) is 19.2 Å². The van der Waals surface area contributed by atoms with E-state index in [1.165, 1.54) is 11.5 Å². The van der Waals surface area contributed by atoms with Crippen molar-refractivity contribution in [2.75, 3.05) is 44.2 Å². The lowest BCUT2D eigenvalue weighted by Crippen LogP contribution is -2.41. The topological polar surface area (TPSA) is 70.6 Å². The van der Waals surface area contributed by atoms with Crippen LogP contribution in [0.25, 0.3) is 0 Å². The molecule has 8 heteroatoms. The summed E-state index contributed by atoms with van der Waals surface area (Å²) in [6.07, 6.45) is 1.83. The van der Waals surface area contributed by atoms with E-state index in [0.29, 0.717) is 13.2 Å². The van der Waals surface area contributed by atoms with Gasteiger partial charge in [0, 0.05) is 49.7 Å². The molecule has 1 amide bonds. The van der Waals surface area contributed by atoms with Crippen molar-refractivity contribution in [2.24, 2.45) is 0 Å². The molecule has 0 aliphatic carbocycles. The number of fused-ring (bicyclic) bond motifs is 1. The maximum absolute atomic E-state index is 12.6.